The van der Waals surface area contributed by atoms with Crippen LogP contribution >= 0.6 is 0 Å². The fraction of sp³-hybridized carbons (Fsp3) is 0.417. The van der Waals surface area contributed by atoms with Crippen molar-refractivity contribution in [1.82, 2.24) is 15.1 Å². The van der Waals surface area contributed by atoms with E-state index in [-0.39, 0.29) is 11.9 Å². The van der Waals surface area contributed by atoms with Crippen LogP contribution in [0.1, 0.15) is 23.1 Å². The predicted octanol–water partition coefficient (Wildman–Crippen LogP) is 3.03. The van der Waals surface area contributed by atoms with Gasteiger partial charge in [0.05, 0.1) is 7.11 Å². The summed E-state index contributed by atoms with van der Waals surface area (Å²) in [6.45, 7) is 5.03. The van der Waals surface area contributed by atoms with Gasteiger partial charge >= 0.3 is 6.03 Å². The maximum absolute atomic E-state index is 12.5. The molecule has 0 radical (unpaired) electrons. The fourth-order valence-electron chi connectivity index (χ4n) is 3.67. The zero-order chi connectivity index (χ0) is 21.3. The molecule has 2 aromatic rings. The third-order valence-corrected chi connectivity index (χ3v) is 5.64. The molecular formula is C24H31N3O3. The van der Waals surface area contributed by atoms with E-state index in [1.54, 1.807) is 12.0 Å². The summed E-state index contributed by atoms with van der Waals surface area (Å²) < 4.78 is 5.16. The quantitative estimate of drug-likeness (QED) is 0.765. The number of hydrogen-bond donors (Lipinski definition) is 1. The number of ether oxygens (including phenoxy) is 1. The van der Waals surface area contributed by atoms with Crippen LogP contribution < -0.4 is 10.1 Å². The van der Waals surface area contributed by atoms with Gasteiger partial charge in [0.1, 0.15) is 5.75 Å². The second kappa shape index (κ2) is 10.7. The van der Waals surface area contributed by atoms with E-state index >= 15 is 0 Å². The molecule has 0 spiro atoms. The lowest BCUT2D eigenvalue weighted by atomic mass is 10.1. The van der Waals surface area contributed by atoms with E-state index < -0.39 is 0 Å². The third-order valence-electron chi connectivity index (χ3n) is 5.64. The number of nitrogens with one attached hydrogen (secondary N) is 1. The topological polar surface area (TPSA) is 61.9 Å². The molecule has 0 bridgehead atoms. The van der Waals surface area contributed by atoms with Crippen molar-refractivity contribution < 1.29 is 14.3 Å². The minimum atomic E-state index is -0.0473. The molecule has 3 amide bonds. The van der Waals surface area contributed by atoms with Crippen LogP contribution in [-0.2, 0) is 17.6 Å². The van der Waals surface area contributed by atoms with E-state index in [0.29, 0.717) is 45.6 Å². The van der Waals surface area contributed by atoms with E-state index in [2.05, 4.69) is 24.4 Å². The van der Waals surface area contributed by atoms with Crippen molar-refractivity contribution in [2.45, 2.75) is 26.2 Å². The van der Waals surface area contributed by atoms with Crippen molar-refractivity contribution in [2.75, 3.05) is 39.8 Å². The number of urea groups is 1. The molecule has 0 unspecified atom stereocenters. The highest BCUT2D eigenvalue weighted by Gasteiger charge is 2.23. The number of nitrogens with zero attached hydrogens (tertiary/aromatic N) is 2. The Labute approximate surface area is 178 Å². The van der Waals surface area contributed by atoms with Gasteiger partial charge in [-0.15, -0.1) is 0 Å². The maximum atomic E-state index is 12.5. The Bertz CT molecular complexity index is 843. The van der Waals surface area contributed by atoms with Crippen molar-refractivity contribution in [3.05, 3.63) is 65.2 Å². The van der Waals surface area contributed by atoms with Crippen molar-refractivity contribution in [3.8, 4) is 5.75 Å². The van der Waals surface area contributed by atoms with Gasteiger partial charge in [-0.3, -0.25) is 4.79 Å². The number of amides is 3. The van der Waals surface area contributed by atoms with Crippen LogP contribution in [0.3, 0.4) is 0 Å². The van der Waals surface area contributed by atoms with E-state index in [1.165, 1.54) is 11.1 Å². The molecule has 2 aromatic carbocycles. The second-order valence-corrected chi connectivity index (χ2v) is 7.62. The van der Waals surface area contributed by atoms with Gasteiger partial charge in [0.2, 0.25) is 5.91 Å². The largest absolute Gasteiger partial charge is 0.497 e. The molecule has 1 aliphatic heterocycles. The van der Waals surface area contributed by atoms with Gasteiger partial charge in [-0.25, -0.2) is 4.79 Å². The first-order chi connectivity index (χ1) is 14.6. The molecule has 0 atom stereocenters. The minimum Gasteiger partial charge on any atom is -0.497 e. The molecular weight excluding hydrogens is 378 g/mol. The van der Waals surface area contributed by atoms with Crippen LogP contribution in [-0.4, -0.2) is 61.6 Å². The number of hydrogen-bond acceptors (Lipinski definition) is 3. The lowest BCUT2D eigenvalue weighted by Gasteiger charge is -2.34. The molecule has 1 saturated heterocycles. The average Bonchev–Trinajstić information content (AvgIpc) is 2.79. The van der Waals surface area contributed by atoms with E-state index in [4.69, 9.17) is 4.74 Å². The molecule has 3 rings (SSSR count). The summed E-state index contributed by atoms with van der Waals surface area (Å²) in [4.78, 5) is 28.6. The lowest BCUT2D eigenvalue weighted by Crippen LogP contribution is -2.53. The first kappa shape index (κ1) is 21.7. The third kappa shape index (κ3) is 5.99. The smallest absolute Gasteiger partial charge is 0.317 e. The molecule has 0 saturated carbocycles. The lowest BCUT2D eigenvalue weighted by molar-refractivity contribution is -0.132. The second-order valence-electron chi connectivity index (χ2n) is 7.62. The highest BCUT2D eigenvalue weighted by molar-refractivity contribution is 5.78. The molecule has 1 heterocycles. The standard InChI is InChI=1S/C24H31N3O3/c1-19-5-3-4-6-21(19)13-14-25-24(29)27-17-15-26(16-18-27)23(28)12-9-20-7-10-22(30-2)11-8-20/h3-8,10-11H,9,12-18H2,1-2H3,(H,25,29). The number of aryl methyl sites for hydroxylation is 2. The Hall–Kier alpha value is -3.02. The summed E-state index contributed by atoms with van der Waals surface area (Å²) in [5, 5.41) is 3.00. The number of carbonyl (C=O) groups excluding carboxylic acids is 2. The Morgan fingerprint density at radius 3 is 2.27 bits per heavy atom. The highest BCUT2D eigenvalue weighted by Crippen LogP contribution is 2.14. The molecule has 6 nitrogen and oxygen atoms in total. The fourth-order valence-corrected chi connectivity index (χ4v) is 3.67. The monoisotopic (exact) mass is 409 g/mol. The van der Waals surface area contributed by atoms with Crippen molar-refractivity contribution in [2.24, 2.45) is 0 Å². The normalized spacial score (nSPS) is 13.8. The average molecular weight is 410 g/mol. The SMILES string of the molecule is COc1ccc(CCC(=O)N2CCN(C(=O)NCCc3ccccc3C)CC2)cc1. The van der Waals surface area contributed by atoms with Crippen LogP contribution in [0, 0.1) is 6.92 Å². The summed E-state index contributed by atoms with van der Waals surface area (Å²) >= 11 is 0. The maximum Gasteiger partial charge on any atom is 0.317 e. The zero-order valence-corrected chi connectivity index (χ0v) is 17.9. The summed E-state index contributed by atoms with van der Waals surface area (Å²) in [6, 6.07) is 16.0. The van der Waals surface area contributed by atoms with Gasteiger partial charge in [0, 0.05) is 39.1 Å². The summed E-state index contributed by atoms with van der Waals surface area (Å²) in [6.07, 6.45) is 2.01. The number of benzene rings is 2. The van der Waals surface area contributed by atoms with E-state index in [9.17, 15) is 9.59 Å². The molecule has 6 heteroatoms. The Morgan fingerprint density at radius 1 is 0.933 bits per heavy atom. The Kier molecular flexibility index (Phi) is 7.71. The molecule has 0 aromatic heterocycles. The Morgan fingerprint density at radius 2 is 1.60 bits per heavy atom. The van der Waals surface area contributed by atoms with Gasteiger partial charge in [0.15, 0.2) is 0 Å². The van der Waals surface area contributed by atoms with Crippen molar-refractivity contribution in [1.29, 1.82) is 0 Å². The number of rotatable bonds is 7. The van der Waals surface area contributed by atoms with Gasteiger partial charge in [-0.05, 0) is 48.6 Å². The number of piperazine rings is 1. The van der Waals surface area contributed by atoms with Crippen LogP contribution in [0.4, 0.5) is 4.79 Å². The van der Waals surface area contributed by atoms with Crippen LogP contribution in [0.2, 0.25) is 0 Å². The highest BCUT2D eigenvalue weighted by atomic mass is 16.5. The van der Waals surface area contributed by atoms with Gasteiger partial charge in [-0.2, -0.15) is 0 Å². The van der Waals surface area contributed by atoms with Crippen LogP contribution in [0.15, 0.2) is 48.5 Å². The molecule has 160 valence electrons. The van der Waals surface area contributed by atoms with E-state index in [0.717, 1.165) is 17.7 Å². The van der Waals surface area contributed by atoms with Crippen LogP contribution in [0.25, 0.3) is 0 Å². The van der Waals surface area contributed by atoms with Crippen molar-refractivity contribution >= 4 is 11.9 Å². The van der Waals surface area contributed by atoms with Crippen molar-refractivity contribution in [3.63, 3.8) is 0 Å². The van der Waals surface area contributed by atoms with Gasteiger partial charge in [-0.1, -0.05) is 36.4 Å². The molecule has 1 aliphatic rings. The first-order valence-corrected chi connectivity index (χ1v) is 10.5. The van der Waals surface area contributed by atoms with Gasteiger partial charge < -0.3 is 19.9 Å². The molecule has 30 heavy (non-hydrogen) atoms. The molecule has 0 aliphatic carbocycles. The van der Waals surface area contributed by atoms with Gasteiger partial charge in [0.25, 0.3) is 0 Å². The predicted molar refractivity (Wildman–Crippen MR) is 118 cm³/mol. The summed E-state index contributed by atoms with van der Waals surface area (Å²) in [5.74, 6) is 0.962. The van der Waals surface area contributed by atoms with Crippen LogP contribution in [0.5, 0.6) is 5.75 Å². The molecule has 1 N–H and O–H groups in total. The zero-order valence-electron chi connectivity index (χ0n) is 17.9. The minimum absolute atomic E-state index is 0.0473. The Balaban J connectivity index is 1.36. The number of methoxy groups -OCH3 is 1. The molecule has 1 fully saturated rings. The number of carbonyl (C=O) groups is 2. The summed E-state index contributed by atoms with van der Waals surface area (Å²) in [7, 11) is 1.64. The summed E-state index contributed by atoms with van der Waals surface area (Å²) in [5.41, 5.74) is 3.62. The van der Waals surface area contributed by atoms with E-state index in [1.807, 2.05) is 41.3 Å². The first-order valence-electron chi connectivity index (χ1n) is 10.5.